The molecule has 1 amide bonds. The van der Waals surface area contributed by atoms with Crippen LogP contribution < -0.4 is 108 Å². The number of benzene rings is 2. The van der Waals surface area contributed by atoms with Gasteiger partial charge in [0, 0.05) is 37.5 Å². The Bertz CT molecular complexity index is 1240. The van der Waals surface area contributed by atoms with Gasteiger partial charge in [0.05, 0.1) is 0 Å². The first-order valence-electron chi connectivity index (χ1n) is 14.1. The van der Waals surface area contributed by atoms with Crippen LogP contribution in [0.3, 0.4) is 0 Å². The zero-order valence-electron chi connectivity index (χ0n) is 26.4. The Morgan fingerprint density at radius 2 is 1.42 bits per heavy atom. The molecule has 2 aromatic carbocycles. The summed E-state index contributed by atoms with van der Waals surface area (Å²) in [7, 11) is 0. The fraction of sp³-hybridized carbons (Fsp3) is 0.455. The van der Waals surface area contributed by atoms with Crippen LogP contribution in [0.1, 0.15) is 83.3 Å². The predicted molar refractivity (Wildman–Crippen MR) is 155 cm³/mol. The molecule has 2 aromatic rings. The number of Topliss-reactive ketones (excluding diaryl/α,β-unsaturated/α-hetero) is 3. The van der Waals surface area contributed by atoms with Crippen molar-refractivity contribution in [2.75, 3.05) is 6.61 Å². The fourth-order valence-electron chi connectivity index (χ4n) is 5.05. The van der Waals surface area contributed by atoms with Crippen molar-refractivity contribution >= 4 is 29.4 Å². The third-order valence-electron chi connectivity index (χ3n) is 7.07. The quantitative estimate of drug-likeness (QED) is 0.172. The van der Waals surface area contributed by atoms with E-state index in [1.807, 2.05) is 48.5 Å². The maximum Gasteiger partial charge on any atom is 1.00 e. The van der Waals surface area contributed by atoms with E-state index < -0.39 is 29.6 Å². The van der Waals surface area contributed by atoms with Crippen LogP contribution in [0, 0.1) is 12.8 Å². The average molecular weight is 641 g/mol. The Morgan fingerprint density at radius 1 is 0.884 bits per heavy atom. The number of hydrogen-bond donors (Lipinski definition) is 1. The molecule has 3 rings (SSSR count). The summed E-state index contributed by atoms with van der Waals surface area (Å²) in [6.07, 6.45) is -0.790. The first-order chi connectivity index (χ1) is 19.4. The molecule has 0 spiro atoms. The van der Waals surface area contributed by atoms with Crippen molar-refractivity contribution in [3.63, 3.8) is 0 Å². The number of ether oxygens (including phenoxy) is 2. The summed E-state index contributed by atoms with van der Waals surface area (Å²) >= 11 is 0. The van der Waals surface area contributed by atoms with Crippen molar-refractivity contribution in [3.8, 4) is 11.1 Å². The number of ketones is 3. The van der Waals surface area contributed by atoms with Gasteiger partial charge in [-0.3, -0.25) is 9.59 Å². The number of carbonyl (C=O) groups is 5. The molecule has 0 saturated carbocycles. The number of hydrogen-bond acceptors (Lipinski definition) is 7. The average Bonchev–Trinajstić information content (AvgIpc) is 3.25. The topological polar surface area (TPSA) is 116 Å². The standard InChI is InChI=1S/C33H40NO7.2K/c1-6-22(35)18-21(30(37)7-2)19-23(36)16-17-29(31(38)41-33(3,4)5)34-32(39)40-20-28-26-14-10-8-12-24(26)25-13-9-11-15-27(25)28;;/h8-15,21,28-29H,1,6-7,16-20H2,2-5H3,(H,34,39);;/q-1;2*+1. The van der Waals surface area contributed by atoms with Crippen molar-refractivity contribution in [1.82, 2.24) is 5.32 Å². The van der Waals surface area contributed by atoms with Crippen LogP contribution in [0.2, 0.25) is 0 Å². The third kappa shape index (κ3) is 12.3. The zero-order valence-corrected chi connectivity index (χ0v) is 32.6. The van der Waals surface area contributed by atoms with Crippen LogP contribution in [0.5, 0.6) is 0 Å². The molecule has 1 aliphatic rings. The minimum atomic E-state index is -1.13. The second-order valence-corrected chi connectivity index (χ2v) is 11.3. The minimum absolute atomic E-state index is 0. The van der Waals surface area contributed by atoms with Crippen LogP contribution in [0.15, 0.2) is 48.5 Å². The predicted octanol–water partition coefficient (Wildman–Crippen LogP) is -0.239. The van der Waals surface area contributed by atoms with Gasteiger partial charge in [0.25, 0.3) is 0 Å². The smallest absolute Gasteiger partial charge is 0.458 e. The van der Waals surface area contributed by atoms with E-state index in [0.29, 0.717) is 0 Å². The first kappa shape index (κ1) is 40.5. The van der Waals surface area contributed by atoms with Crippen molar-refractivity contribution < 1.29 is 136 Å². The third-order valence-corrected chi connectivity index (χ3v) is 7.07. The monoisotopic (exact) mass is 640 g/mol. The van der Waals surface area contributed by atoms with Crippen LogP contribution in [0.4, 0.5) is 4.79 Å². The minimum Gasteiger partial charge on any atom is -0.458 e. The molecule has 2 atom stereocenters. The molecular weight excluding hydrogens is 601 g/mol. The van der Waals surface area contributed by atoms with E-state index >= 15 is 0 Å². The molecule has 8 nitrogen and oxygen atoms in total. The molecule has 1 N–H and O–H groups in total. The molecule has 0 saturated heterocycles. The van der Waals surface area contributed by atoms with Gasteiger partial charge < -0.3 is 26.5 Å². The van der Waals surface area contributed by atoms with Gasteiger partial charge in [0.2, 0.25) is 0 Å². The van der Waals surface area contributed by atoms with Crippen LogP contribution >= 0.6 is 0 Å². The number of carbonyl (C=O) groups excluding carboxylic acids is 5. The van der Waals surface area contributed by atoms with Crippen LogP contribution in [-0.2, 0) is 28.7 Å². The van der Waals surface area contributed by atoms with Crippen LogP contribution in [0.25, 0.3) is 11.1 Å². The Labute approximate surface area is 340 Å². The van der Waals surface area contributed by atoms with E-state index in [1.165, 1.54) is 0 Å². The van der Waals surface area contributed by atoms with Gasteiger partial charge in [-0.2, -0.15) is 0 Å². The number of alkyl carbamates (subject to hydrolysis) is 1. The molecule has 0 heterocycles. The SMILES string of the molecule is [CH2-]CC(=O)CC(CC(=O)CCC(NC(=O)OCC1c2ccccc2-c2ccccc21)C(=O)OC(C)(C)C)C(=O)CC.[K+].[K+]. The molecule has 0 bridgehead atoms. The van der Waals surface area contributed by atoms with Gasteiger partial charge in [-0.05, 0) is 49.4 Å². The molecule has 0 radical (unpaired) electrons. The summed E-state index contributed by atoms with van der Waals surface area (Å²) in [4.78, 5) is 62.8. The number of amides is 1. The largest absolute Gasteiger partial charge is 1.00 e. The maximum atomic E-state index is 12.9. The van der Waals surface area contributed by atoms with Gasteiger partial charge in [0.15, 0.2) is 0 Å². The van der Waals surface area contributed by atoms with Gasteiger partial charge in [-0.1, -0.05) is 55.5 Å². The number of fused-ring (bicyclic) bond motifs is 3. The number of nitrogens with one attached hydrogen (secondary N) is 1. The second-order valence-electron chi connectivity index (χ2n) is 11.3. The Kier molecular flexibility index (Phi) is 18.1. The van der Waals surface area contributed by atoms with Crippen molar-refractivity contribution in [1.29, 1.82) is 0 Å². The number of rotatable bonds is 14. The molecule has 0 aliphatic heterocycles. The molecule has 10 heteroatoms. The maximum absolute atomic E-state index is 12.9. The van der Waals surface area contributed by atoms with Gasteiger partial charge >= 0.3 is 115 Å². The van der Waals surface area contributed by atoms with E-state index in [-0.39, 0.29) is 171 Å². The van der Waals surface area contributed by atoms with E-state index in [2.05, 4.69) is 12.2 Å². The summed E-state index contributed by atoms with van der Waals surface area (Å²) in [6.45, 7) is 10.4. The molecular formula is C33H40K2NO7+. The molecule has 0 aromatic heterocycles. The van der Waals surface area contributed by atoms with Crippen LogP contribution in [-0.4, -0.2) is 47.7 Å². The van der Waals surface area contributed by atoms with Gasteiger partial charge in [0.1, 0.15) is 35.6 Å². The molecule has 1 aliphatic carbocycles. The number of esters is 1. The normalized spacial score (nSPS) is 13.2. The van der Waals surface area contributed by atoms with E-state index in [9.17, 15) is 24.0 Å². The molecule has 220 valence electrons. The van der Waals surface area contributed by atoms with E-state index in [4.69, 9.17) is 9.47 Å². The summed E-state index contributed by atoms with van der Waals surface area (Å²) in [5.41, 5.74) is 3.50. The molecule has 43 heavy (non-hydrogen) atoms. The summed E-state index contributed by atoms with van der Waals surface area (Å²) in [6, 6.07) is 14.8. The Balaban J connectivity index is 0.00000462. The van der Waals surface area contributed by atoms with E-state index in [1.54, 1.807) is 27.7 Å². The second kappa shape index (κ2) is 19.2. The summed E-state index contributed by atoms with van der Waals surface area (Å²) in [5, 5.41) is 2.58. The zero-order chi connectivity index (χ0) is 30.2. The first-order valence-corrected chi connectivity index (χ1v) is 14.1. The molecule has 2 unspecified atom stereocenters. The van der Waals surface area contributed by atoms with Crippen molar-refractivity contribution in [3.05, 3.63) is 66.6 Å². The van der Waals surface area contributed by atoms with Crippen molar-refractivity contribution in [2.24, 2.45) is 5.92 Å². The van der Waals surface area contributed by atoms with Crippen molar-refractivity contribution in [2.45, 2.75) is 83.8 Å². The fourth-order valence-corrected chi connectivity index (χ4v) is 5.05. The Morgan fingerprint density at radius 3 is 1.93 bits per heavy atom. The van der Waals surface area contributed by atoms with E-state index in [0.717, 1.165) is 22.3 Å². The Hall–Kier alpha value is -0.537. The van der Waals surface area contributed by atoms with Gasteiger partial charge in [-0.25, -0.2) is 9.59 Å². The summed E-state index contributed by atoms with van der Waals surface area (Å²) in [5.74, 6) is -2.18. The molecule has 0 fully saturated rings. The summed E-state index contributed by atoms with van der Waals surface area (Å²) < 4.78 is 11.1. The van der Waals surface area contributed by atoms with Gasteiger partial charge in [-0.15, -0.1) is 6.42 Å².